The minimum atomic E-state index is -4.57. The van der Waals surface area contributed by atoms with Gasteiger partial charge in [0.2, 0.25) is 0 Å². The van der Waals surface area contributed by atoms with Gasteiger partial charge >= 0.3 is 6.18 Å². The lowest BCUT2D eigenvalue weighted by Gasteiger charge is -2.29. The lowest BCUT2D eigenvalue weighted by Crippen LogP contribution is -2.38. The monoisotopic (exact) mass is 486 g/mol. The van der Waals surface area contributed by atoms with Gasteiger partial charge in [-0.1, -0.05) is 24.3 Å². The second-order valence-electron chi connectivity index (χ2n) is 9.03. The summed E-state index contributed by atoms with van der Waals surface area (Å²) in [4.78, 5) is 5.87. The molecule has 8 nitrogen and oxygen atoms in total. The Hall–Kier alpha value is -3.28. The van der Waals surface area contributed by atoms with E-state index in [1.165, 1.54) is 22.7 Å². The summed E-state index contributed by atoms with van der Waals surface area (Å²) in [5.41, 5.74) is 7.24. The molecule has 3 atom stereocenters. The molecule has 1 saturated heterocycles. The fraction of sp³-hybridized carbons (Fsp3) is 0.375. The van der Waals surface area contributed by atoms with Crippen LogP contribution in [-0.2, 0) is 0 Å². The predicted molar refractivity (Wildman–Crippen MR) is 124 cm³/mol. The number of β-amino-alcohol motifs (C(OH)–C–C–N with tert-alkyl or cyclic N) is 1. The van der Waals surface area contributed by atoms with E-state index < -0.39 is 24.4 Å². The van der Waals surface area contributed by atoms with Crippen molar-refractivity contribution in [2.24, 2.45) is 5.73 Å². The topological polar surface area (TPSA) is 102 Å². The summed E-state index contributed by atoms with van der Waals surface area (Å²) in [6.07, 6.45) is -4.27. The molecule has 0 spiro atoms. The van der Waals surface area contributed by atoms with Gasteiger partial charge in [-0.2, -0.15) is 13.2 Å². The van der Waals surface area contributed by atoms with Crippen LogP contribution in [0.3, 0.4) is 0 Å². The minimum Gasteiger partial charge on any atom is -0.489 e. The van der Waals surface area contributed by atoms with Gasteiger partial charge in [0.25, 0.3) is 0 Å². The highest BCUT2D eigenvalue weighted by Crippen LogP contribution is 2.39. The number of hydrogen-bond donors (Lipinski definition) is 2. The number of nitrogens with two attached hydrogens (primary N) is 1. The number of halogens is 3. The first-order valence-electron chi connectivity index (χ1n) is 11.3. The van der Waals surface area contributed by atoms with E-state index in [-0.39, 0.29) is 24.8 Å². The molecule has 0 amide bonds. The van der Waals surface area contributed by atoms with Crippen LogP contribution in [0.5, 0.6) is 5.75 Å². The van der Waals surface area contributed by atoms with E-state index in [2.05, 4.69) is 10.2 Å². The van der Waals surface area contributed by atoms with E-state index in [0.717, 1.165) is 10.3 Å². The Balaban J connectivity index is 1.60. The summed E-state index contributed by atoms with van der Waals surface area (Å²) in [7, 11) is 0. The maximum absolute atomic E-state index is 14.2. The number of aliphatic hydroxyl groups excluding tert-OH is 1. The molecule has 5 rings (SSSR count). The molecule has 3 aromatic heterocycles. The summed E-state index contributed by atoms with van der Waals surface area (Å²) >= 11 is 0. The van der Waals surface area contributed by atoms with Crippen molar-refractivity contribution in [3.8, 4) is 17.3 Å². The first-order valence-corrected chi connectivity index (χ1v) is 11.3. The third-order valence-electron chi connectivity index (χ3n) is 6.05. The molecular weight excluding hydrogens is 461 g/mol. The number of aromatic nitrogens is 4. The average Bonchev–Trinajstić information content (AvgIpc) is 3.35. The Kier molecular flexibility index (Phi) is 5.86. The molecule has 3 N–H and O–H groups in total. The number of fused-ring (bicyclic) bond motifs is 2. The van der Waals surface area contributed by atoms with E-state index in [1.54, 1.807) is 6.07 Å². The maximum atomic E-state index is 14.2. The fourth-order valence-electron chi connectivity index (χ4n) is 4.50. The van der Waals surface area contributed by atoms with Crippen LogP contribution >= 0.6 is 0 Å². The number of nitrogens with zero attached hydrogens (tertiary/aromatic N) is 5. The van der Waals surface area contributed by atoms with Crippen molar-refractivity contribution >= 4 is 16.6 Å². The number of alkyl halides is 3. The highest BCUT2D eigenvalue weighted by molar-refractivity contribution is 5.86. The van der Waals surface area contributed by atoms with Crippen molar-refractivity contribution in [1.82, 2.24) is 24.5 Å². The van der Waals surface area contributed by atoms with Crippen LogP contribution in [0.15, 0.2) is 48.7 Å². The van der Waals surface area contributed by atoms with Crippen LogP contribution in [0, 0.1) is 0 Å². The molecule has 0 saturated carbocycles. The predicted octanol–water partition coefficient (Wildman–Crippen LogP) is 3.34. The van der Waals surface area contributed by atoms with Gasteiger partial charge in [0, 0.05) is 30.7 Å². The van der Waals surface area contributed by atoms with Crippen LogP contribution in [0.25, 0.3) is 28.1 Å². The van der Waals surface area contributed by atoms with Crippen LogP contribution in [0.2, 0.25) is 0 Å². The van der Waals surface area contributed by atoms with Crippen molar-refractivity contribution in [3.05, 3.63) is 54.2 Å². The van der Waals surface area contributed by atoms with Gasteiger partial charge in [0.1, 0.15) is 23.0 Å². The zero-order valence-electron chi connectivity index (χ0n) is 19.1. The first kappa shape index (κ1) is 23.5. The van der Waals surface area contributed by atoms with Crippen molar-refractivity contribution in [2.75, 3.05) is 13.1 Å². The van der Waals surface area contributed by atoms with E-state index in [9.17, 15) is 18.3 Å². The quantitative estimate of drug-likeness (QED) is 0.446. The number of rotatable bonds is 5. The highest BCUT2D eigenvalue weighted by Gasteiger charge is 2.48. The summed E-state index contributed by atoms with van der Waals surface area (Å²) in [5.74, 6) is 0.914. The van der Waals surface area contributed by atoms with Gasteiger partial charge < -0.3 is 15.6 Å². The Labute approximate surface area is 199 Å². The molecule has 1 aromatic carbocycles. The SMILES string of the molecule is CC(C)Oc1cccc2ccc(-c3nnc4ccc([C@@H](N5C[C@@H](N)[C@@H](O)C5)C(F)(F)F)cn34)nc12. The zero-order valence-corrected chi connectivity index (χ0v) is 19.1. The summed E-state index contributed by atoms with van der Waals surface area (Å²) in [5, 5.41) is 19.1. The molecule has 184 valence electrons. The minimum absolute atomic E-state index is 0.00281. The van der Waals surface area contributed by atoms with Gasteiger partial charge in [-0.05, 0) is 37.6 Å². The lowest BCUT2D eigenvalue weighted by molar-refractivity contribution is -0.184. The average molecular weight is 486 g/mol. The van der Waals surface area contributed by atoms with Gasteiger partial charge in [-0.3, -0.25) is 9.30 Å². The zero-order chi connectivity index (χ0) is 24.9. The summed E-state index contributed by atoms with van der Waals surface area (Å²) in [6, 6.07) is 9.42. The van der Waals surface area contributed by atoms with E-state index in [1.807, 2.05) is 38.1 Å². The normalized spacial score (nSPS) is 20.2. The van der Waals surface area contributed by atoms with Crippen molar-refractivity contribution < 1.29 is 23.0 Å². The van der Waals surface area contributed by atoms with Gasteiger partial charge in [-0.25, -0.2) is 4.98 Å². The number of pyridine rings is 2. The molecule has 0 bridgehead atoms. The van der Waals surface area contributed by atoms with Crippen LogP contribution in [-0.4, -0.2) is 67.1 Å². The van der Waals surface area contributed by atoms with Crippen molar-refractivity contribution in [2.45, 2.75) is 44.3 Å². The largest absolute Gasteiger partial charge is 0.489 e. The Morgan fingerprint density at radius 3 is 2.57 bits per heavy atom. The molecule has 1 fully saturated rings. The number of aliphatic hydroxyl groups is 1. The molecule has 1 aliphatic heterocycles. The molecule has 11 heteroatoms. The number of para-hydroxylation sites is 1. The smallest absolute Gasteiger partial charge is 0.408 e. The maximum Gasteiger partial charge on any atom is 0.408 e. The van der Waals surface area contributed by atoms with E-state index >= 15 is 0 Å². The molecule has 4 aromatic rings. The lowest BCUT2D eigenvalue weighted by atomic mass is 10.1. The third-order valence-corrected chi connectivity index (χ3v) is 6.05. The molecule has 0 radical (unpaired) electrons. The molecule has 4 heterocycles. The van der Waals surface area contributed by atoms with Crippen molar-refractivity contribution in [1.29, 1.82) is 0 Å². The molecular formula is C24H25F3N6O2. The van der Waals surface area contributed by atoms with E-state index in [0.29, 0.717) is 28.4 Å². The second-order valence-corrected chi connectivity index (χ2v) is 9.03. The van der Waals surface area contributed by atoms with Crippen molar-refractivity contribution in [3.63, 3.8) is 0 Å². The Morgan fingerprint density at radius 1 is 1.09 bits per heavy atom. The fourth-order valence-corrected chi connectivity index (χ4v) is 4.50. The molecule has 0 unspecified atom stereocenters. The number of likely N-dealkylation sites (tertiary alicyclic amines) is 1. The third kappa shape index (κ3) is 4.42. The Bertz CT molecular complexity index is 1360. The van der Waals surface area contributed by atoms with Gasteiger partial charge in [0.15, 0.2) is 11.5 Å². The highest BCUT2D eigenvalue weighted by atomic mass is 19.4. The summed E-state index contributed by atoms with van der Waals surface area (Å²) < 4.78 is 49.8. The van der Waals surface area contributed by atoms with Crippen LogP contribution < -0.4 is 10.5 Å². The summed E-state index contributed by atoms with van der Waals surface area (Å²) in [6.45, 7) is 3.60. The van der Waals surface area contributed by atoms with Crippen LogP contribution in [0.1, 0.15) is 25.5 Å². The number of ether oxygens (including phenoxy) is 1. The number of benzene rings is 1. The van der Waals surface area contributed by atoms with Gasteiger partial charge in [0.05, 0.1) is 12.2 Å². The van der Waals surface area contributed by atoms with Gasteiger partial charge in [-0.15, -0.1) is 10.2 Å². The molecule has 0 aliphatic carbocycles. The van der Waals surface area contributed by atoms with Crippen LogP contribution in [0.4, 0.5) is 13.2 Å². The second kappa shape index (κ2) is 8.74. The van der Waals surface area contributed by atoms with E-state index in [4.69, 9.17) is 15.5 Å². The molecule has 1 aliphatic rings. The number of hydrogen-bond acceptors (Lipinski definition) is 7. The molecule has 35 heavy (non-hydrogen) atoms. The first-order chi connectivity index (χ1) is 16.6. The standard InChI is InChI=1S/C24H25F3N6O2/c1-13(2)35-19-5-3-4-14-6-8-17(29-21(14)19)23-31-30-20-9-7-15(10-33(20)23)22(24(25,26)27)32-11-16(28)18(34)12-32/h3-10,13,16,18,22,34H,11-12,28H2,1-2H3/t16-,18+,22-/m1/s1. The Morgan fingerprint density at radius 2 is 1.89 bits per heavy atom.